The fraction of sp³-hybridized carbons (Fsp3) is 0.485. The molecule has 3 aromatic rings. The molecule has 1 aromatic heterocycles. The zero-order valence-corrected chi connectivity index (χ0v) is 23.7. The van der Waals surface area contributed by atoms with Crippen LogP contribution in [0.1, 0.15) is 57.1 Å². The second-order valence-corrected chi connectivity index (χ2v) is 11.9. The number of piperidine rings is 2. The molecule has 2 saturated heterocycles. The van der Waals surface area contributed by atoms with Crippen molar-refractivity contribution in [1.82, 2.24) is 9.88 Å². The van der Waals surface area contributed by atoms with Gasteiger partial charge >= 0.3 is 0 Å². The summed E-state index contributed by atoms with van der Waals surface area (Å²) in [6, 6.07) is 18.6. The molecule has 0 saturated carbocycles. The summed E-state index contributed by atoms with van der Waals surface area (Å²) < 4.78 is 0. The van der Waals surface area contributed by atoms with E-state index in [2.05, 4.69) is 61.3 Å². The molecular weight excluding hydrogens is 484 g/mol. The molecule has 6 nitrogen and oxygen atoms in total. The van der Waals surface area contributed by atoms with Crippen LogP contribution in [0.4, 0.5) is 11.5 Å². The Hall–Kier alpha value is -3.41. The first-order valence-corrected chi connectivity index (χ1v) is 14.6. The second kappa shape index (κ2) is 12.2. The number of pyridine rings is 1. The number of fused-ring (bicyclic) bond motifs is 1. The van der Waals surface area contributed by atoms with Crippen LogP contribution in [-0.2, 0) is 16.0 Å². The highest BCUT2D eigenvalue weighted by molar-refractivity contribution is 5.96. The van der Waals surface area contributed by atoms with E-state index in [1.165, 1.54) is 12.0 Å². The van der Waals surface area contributed by atoms with Gasteiger partial charge < -0.3 is 15.1 Å². The van der Waals surface area contributed by atoms with E-state index in [0.717, 1.165) is 73.4 Å². The van der Waals surface area contributed by atoms with Gasteiger partial charge in [-0.3, -0.25) is 9.59 Å². The highest BCUT2D eigenvalue weighted by Crippen LogP contribution is 2.30. The zero-order valence-electron chi connectivity index (χ0n) is 23.7. The van der Waals surface area contributed by atoms with Crippen LogP contribution in [-0.4, -0.2) is 47.9 Å². The first-order chi connectivity index (χ1) is 18.8. The van der Waals surface area contributed by atoms with Crippen LogP contribution >= 0.6 is 0 Å². The Kier molecular flexibility index (Phi) is 8.49. The van der Waals surface area contributed by atoms with Crippen molar-refractivity contribution < 1.29 is 9.59 Å². The molecule has 2 amide bonds. The lowest BCUT2D eigenvalue weighted by atomic mass is 9.90. The zero-order chi connectivity index (χ0) is 27.4. The number of hydrogen-bond donors (Lipinski definition) is 1. The summed E-state index contributed by atoms with van der Waals surface area (Å²) in [5.74, 6) is 2.95. The average molecular weight is 527 g/mol. The van der Waals surface area contributed by atoms with Crippen LogP contribution in [0.15, 0.2) is 54.6 Å². The smallest absolute Gasteiger partial charge is 0.224 e. The van der Waals surface area contributed by atoms with Gasteiger partial charge in [0.05, 0.1) is 5.52 Å². The molecule has 2 aliphatic rings. The number of nitrogens with one attached hydrogen (secondary N) is 1. The van der Waals surface area contributed by atoms with Gasteiger partial charge in [-0.05, 0) is 85.8 Å². The highest BCUT2D eigenvalue weighted by atomic mass is 16.2. The van der Waals surface area contributed by atoms with Crippen LogP contribution in [0.3, 0.4) is 0 Å². The van der Waals surface area contributed by atoms with Gasteiger partial charge in [-0.2, -0.15) is 0 Å². The van der Waals surface area contributed by atoms with Gasteiger partial charge in [0.1, 0.15) is 5.82 Å². The number of anilines is 2. The number of likely N-dealkylation sites (tertiary alicyclic amines) is 1. The lowest BCUT2D eigenvalue weighted by molar-refractivity contribution is -0.134. The van der Waals surface area contributed by atoms with Crippen LogP contribution in [0.5, 0.6) is 0 Å². The number of amides is 2. The van der Waals surface area contributed by atoms with Crippen molar-refractivity contribution in [2.24, 2.45) is 17.8 Å². The molecular formula is C33H42N4O2. The molecule has 0 radical (unpaired) electrons. The number of aryl methyl sites for hydroxylation is 1. The minimum Gasteiger partial charge on any atom is -0.356 e. The van der Waals surface area contributed by atoms with E-state index in [0.29, 0.717) is 17.8 Å². The lowest BCUT2D eigenvalue weighted by Gasteiger charge is -2.36. The number of carbonyl (C=O) groups is 2. The monoisotopic (exact) mass is 526 g/mol. The van der Waals surface area contributed by atoms with Crippen molar-refractivity contribution in [3.05, 3.63) is 65.7 Å². The Labute approximate surface area is 232 Å². The Morgan fingerprint density at radius 1 is 0.949 bits per heavy atom. The van der Waals surface area contributed by atoms with Gasteiger partial charge in [-0.15, -0.1) is 0 Å². The number of benzene rings is 2. The molecule has 2 atom stereocenters. The van der Waals surface area contributed by atoms with Crippen molar-refractivity contribution in [2.75, 3.05) is 36.4 Å². The van der Waals surface area contributed by atoms with Gasteiger partial charge in [0.2, 0.25) is 11.8 Å². The van der Waals surface area contributed by atoms with Gasteiger partial charge in [0, 0.05) is 50.1 Å². The minimum absolute atomic E-state index is 0.0794. The summed E-state index contributed by atoms with van der Waals surface area (Å²) in [4.78, 5) is 34.8. The Bertz CT molecular complexity index is 1290. The summed E-state index contributed by atoms with van der Waals surface area (Å²) in [5.41, 5.74) is 4.22. The first-order valence-electron chi connectivity index (χ1n) is 14.6. The fourth-order valence-corrected chi connectivity index (χ4v) is 6.40. The van der Waals surface area contributed by atoms with Gasteiger partial charge in [0.25, 0.3) is 0 Å². The van der Waals surface area contributed by atoms with E-state index in [9.17, 15) is 9.59 Å². The van der Waals surface area contributed by atoms with Gasteiger partial charge in [-0.1, -0.05) is 44.2 Å². The largest absolute Gasteiger partial charge is 0.356 e. The standard InChI is InChI=1S/C33H42N4O2/c1-23-17-24(2)22-37(21-23)31-18-25(3)29-20-28(9-10-30(29)35-31)34-32(38)11-12-33(39)36-15-13-27(14-16-36)19-26-7-5-4-6-8-26/h4-10,18,20,23-24,27H,11-17,19,21-22H2,1-3H3,(H,34,38)/t23-,24-/m1/s1. The predicted octanol–water partition coefficient (Wildman–Crippen LogP) is 6.23. The predicted molar refractivity (Wildman–Crippen MR) is 159 cm³/mol. The van der Waals surface area contributed by atoms with Gasteiger partial charge in [-0.25, -0.2) is 4.98 Å². The third kappa shape index (κ3) is 6.97. The summed E-state index contributed by atoms with van der Waals surface area (Å²) in [6.45, 7) is 10.4. The third-order valence-corrected chi connectivity index (χ3v) is 8.38. The summed E-state index contributed by atoms with van der Waals surface area (Å²) in [6.07, 6.45) is 4.83. The molecule has 0 spiro atoms. The number of rotatable bonds is 7. The minimum atomic E-state index is -0.125. The number of nitrogens with zero attached hydrogens (tertiary/aromatic N) is 3. The van der Waals surface area contributed by atoms with Crippen molar-refractivity contribution in [3.8, 4) is 0 Å². The van der Waals surface area contributed by atoms with Crippen molar-refractivity contribution in [1.29, 1.82) is 0 Å². The maximum absolute atomic E-state index is 12.8. The molecule has 2 fully saturated rings. The molecule has 6 heteroatoms. The molecule has 0 unspecified atom stereocenters. The number of aromatic nitrogens is 1. The van der Waals surface area contributed by atoms with Crippen molar-refractivity contribution in [3.63, 3.8) is 0 Å². The Morgan fingerprint density at radius 3 is 2.38 bits per heavy atom. The second-order valence-electron chi connectivity index (χ2n) is 11.9. The van der Waals surface area contributed by atoms with Crippen molar-refractivity contribution in [2.45, 2.75) is 59.3 Å². The molecule has 3 heterocycles. The van der Waals surface area contributed by atoms with E-state index in [-0.39, 0.29) is 24.7 Å². The lowest BCUT2D eigenvalue weighted by Crippen LogP contribution is -2.39. The van der Waals surface area contributed by atoms with E-state index < -0.39 is 0 Å². The quantitative estimate of drug-likeness (QED) is 0.397. The summed E-state index contributed by atoms with van der Waals surface area (Å²) in [5, 5.41) is 4.04. The fourth-order valence-electron chi connectivity index (χ4n) is 6.40. The number of hydrogen-bond acceptors (Lipinski definition) is 4. The molecule has 2 aromatic carbocycles. The molecule has 1 N–H and O–H groups in total. The first kappa shape index (κ1) is 27.2. The highest BCUT2D eigenvalue weighted by Gasteiger charge is 2.24. The van der Waals surface area contributed by atoms with Gasteiger partial charge in [0.15, 0.2) is 0 Å². The SMILES string of the molecule is Cc1cc(N2C[C@H](C)C[C@@H](C)C2)nc2ccc(NC(=O)CCC(=O)N3CCC(Cc4ccccc4)CC3)cc12. The molecule has 5 rings (SSSR count). The third-order valence-electron chi connectivity index (χ3n) is 8.38. The molecule has 206 valence electrons. The van der Waals surface area contributed by atoms with E-state index >= 15 is 0 Å². The van der Waals surface area contributed by atoms with Crippen LogP contribution in [0, 0.1) is 24.7 Å². The summed E-state index contributed by atoms with van der Waals surface area (Å²) in [7, 11) is 0. The van der Waals surface area contributed by atoms with Crippen LogP contribution in [0.25, 0.3) is 10.9 Å². The van der Waals surface area contributed by atoms with E-state index in [1.807, 2.05) is 29.2 Å². The summed E-state index contributed by atoms with van der Waals surface area (Å²) >= 11 is 0. The molecule has 0 bridgehead atoms. The Balaban J connectivity index is 1.11. The van der Waals surface area contributed by atoms with E-state index in [4.69, 9.17) is 4.98 Å². The maximum atomic E-state index is 12.8. The average Bonchev–Trinajstić information content (AvgIpc) is 2.92. The number of carbonyl (C=O) groups excluding carboxylic acids is 2. The normalized spacial score (nSPS) is 20.3. The van der Waals surface area contributed by atoms with Crippen molar-refractivity contribution >= 4 is 34.2 Å². The molecule has 39 heavy (non-hydrogen) atoms. The topological polar surface area (TPSA) is 65.5 Å². The molecule has 2 aliphatic heterocycles. The van der Waals surface area contributed by atoms with E-state index in [1.54, 1.807) is 0 Å². The van der Waals surface area contributed by atoms with Crippen LogP contribution < -0.4 is 10.2 Å². The van der Waals surface area contributed by atoms with Crippen LogP contribution in [0.2, 0.25) is 0 Å². The molecule has 0 aliphatic carbocycles. The maximum Gasteiger partial charge on any atom is 0.224 e. The Morgan fingerprint density at radius 2 is 1.67 bits per heavy atom.